The second-order valence-electron chi connectivity index (χ2n) is 6.37. The van der Waals surface area contributed by atoms with Crippen molar-refractivity contribution in [2.24, 2.45) is 11.7 Å². The second kappa shape index (κ2) is 7.46. The first-order valence-corrected chi connectivity index (χ1v) is 7.95. The van der Waals surface area contributed by atoms with Crippen LogP contribution in [0.25, 0.3) is 0 Å². The van der Waals surface area contributed by atoms with Gasteiger partial charge in [0.1, 0.15) is 0 Å². The fourth-order valence-corrected chi connectivity index (χ4v) is 2.77. The van der Waals surface area contributed by atoms with E-state index in [-0.39, 0.29) is 11.9 Å². The van der Waals surface area contributed by atoms with E-state index in [0.29, 0.717) is 17.5 Å². The third kappa shape index (κ3) is 5.05. The molecular formula is C17H27N3O. The zero-order valence-electron chi connectivity index (χ0n) is 13.1. The molecule has 2 rings (SSSR count). The summed E-state index contributed by atoms with van der Waals surface area (Å²) in [6.45, 7) is 4.89. The number of carbonyl (C=O) groups is 1. The molecule has 1 fully saturated rings. The first-order chi connectivity index (χ1) is 10.0. The van der Waals surface area contributed by atoms with Crippen molar-refractivity contribution in [3.05, 3.63) is 29.8 Å². The fraction of sp³-hybridized carbons (Fsp3) is 0.588. The highest BCUT2D eigenvalue weighted by Gasteiger charge is 2.18. The van der Waals surface area contributed by atoms with E-state index in [1.54, 1.807) is 0 Å². The van der Waals surface area contributed by atoms with Crippen molar-refractivity contribution in [3.63, 3.8) is 0 Å². The van der Waals surface area contributed by atoms with Crippen LogP contribution in [-0.4, -0.2) is 24.5 Å². The van der Waals surface area contributed by atoms with E-state index in [4.69, 9.17) is 5.73 Å². The van der Waals surface area contributed by atoms with Crippen molar-refractivity contribution >= 4 is 11.6 Å². The highest BCUT2D eigenvalue weighted by Crippen LogP contribution is 2.23. The van der Waals surface area contributed by atoms with Gasteiger partial charge in [-0.25, -0.2) is 0 Å². The molecule has 1 aliphatic carbocycles. The number of benzene rings is 1. The molecule has 0 aromatic heterocycles. The lowest BCUT2D eigenvalue weighted by Gasteiger charge is -2.26. The summed E-state index contributed by atoms with van der Waals surface area (Å²) in [5.74, 6) is 0.676. The van der Waals surface area contributed by atoms with Crippen molar-refractivity contribution in [1.29, 1.82) is 0 Å². The van der Waals surface area contributed by atoms with Crippen LogP contribution in [0.5, 0.6) is 0 Å². The normalized spacial score (nSPS) is 22.1. The molecule has 0 bridgehead atoms. The Bertz CT molecular complexity index is 465. The molecule has 21 heavy (non-hydrogen) atoms. The predicted molar refractivity (Wildman–Crippen MR) is 87.5 cm³/mol. The van der Waals surface area contributed by atoms with Gasteiger partial charge in [0.05, 0.1) is 0 Å². The van der Waals surface area contributed by atoms with Crippen molar-refractivity contribution in [3.8, 4) is 0 Å². The lowest BCUT2D eigenvalue weighted by Crippen LogP contribution is -2.30. The van der Waals surface area contributed by atoms with Crippen molar-refractivity contribution in [2.45, 2.75) is 51.6 Å². The SMILES string of the molecule is CC(C)NC(=O)c1cccc(NC[C@H]2CC[C@H](N)CC2)c1. The maximum Gasteiger partial charge on any atom is 0.251 e. The Morgan fingerprint density at radius 2 is 2.00 bits per heavy atom. The Hall–Kier alpha value is -1.55. The zero-order valence-corrected chi connectivity index (χ0v) is 13.1. The van der Waals surface area contributed by atoms with Crippen LogP contribution < -0.4 is 16.4 Å². The molecule has 0 heterocycles. The maximum absolute atomic E-state index is 12.0. The highest BCUT2D eigenvalue weighted by molar-refractivity contribution is 5.95. The number of nitrogens with two attached hydrogens (primary N) is 1. The van der Waals surface area contributed by atoms with E-state index >= 15 is 0 Å². The lowest BCUT2D eigenvalue weighted by atomic mass is 9.86. The minimum Gasteiger partial charge on any atom is -0.385 e. The Kier molecular flexibility index (Phi) is 5.62. The van der Waals surface area contributed by atoms with Gasteiger partial charge < -0.3 is 16.4 Å². The maximum atomic E-state index is 12.0. The summed E-state index contributed by atoms with van der Waals surface area (Å²) in [7, 11) is 0. The second-order valence-corrected chi connectivity index (χ2v) is 6.37. The average molecular weight is 289 g/mol. The van der Waals surface area contributed by atoms with Gasteiger partial charge in [-0.05, 0) is 63.6 Å². The molecule has 4 heteroatoms. The minimum absolute atomic E-state index is 0.0164. The number of hydrogen-bond acceptors (Lipinski definition) is 3. The standard InChI is InChI=1S/C17H27N3O/c1-12(2)20-17(21)14-4-3-5-16(10-14)19-11-13-6-8-15(18)9-7-13/h3-5,10,12-13,15,19H,6-9,11,18H2,1-2H3,(H,20,21)/t13-,15-. The molecule has 0 aliphatic heterocycles. The summed E-state index contributed by atoms with van der Waals surface area (Å²) in [6.07, 6.45) is 4.65. The number of carbonyl (C=O) groups excluding carboxylic acids is 1. The van der Waals surface area contributed by atoms with Crippen LogP contribution in [0.3, 0.4) is 0 Å². The van der Waals surface area contributed by atoms with Crippen LogP contribution in [0.15, 0.2) is 24.3 Å². The lowest BCUT2D eigenvalue weighted by molar-refractivity contribution is 0.0943. The van der Waals surface area contributed by atoms with Gasteiger partial charge in [-0.1, -0.05) is 6.07 Å². The van der Waals surface area contributed by atoms with Crippen molar-refractivity contribution in [2.75, 3.05) is 11.9 Å². The molecule has 1 amide bonds. The highest BCUT2D eigenvalue weighted by atomic mass is 16.1. The molecule has 1 aromatic rings. The Labute approximate surface area is 127 Å². The molecule has 116 valence electrons. The molecule has 0 radical (unpaired) electrons. The molecule has 0 saturated heterocycles. The van der Waals surface area contributed by atoms with Crippen LogP contribution >= 0.6 is 0 Å². The average Bonchev–Trinajstić information content (AvgIpc) is 2.46. The van der Waals surface area contributed by atoms with Crippen LogP contribution in [0, 0.1) is 5.92 Å². The van der Waals surface area contributed by atoms with Gasteiger partial charge >= 0.3 is 0 Å². The van der Waals surface area contributed by atoms with E-state index in [2.05, 4.69) is 10.6 Å². The summed E-state index contributed by atoms with van der Waals surface area (Å²) in [5.41, 5.74) is 7.66. The van der Waals surface area contributed by atoms with E-state index in [1.807, 2.05) is 38.1 Å². The molecule has 0 spiro atoms. The Morgan fingerprint density at radius 3 is 2.67 bits per heavy atom. The summed E-state index contributed by atoms with van der Waals surface area (Å²) < 4.78 is 0. The van der Waals surface area contributed by atoms with Gasteiger partial charge in [-0.3, -0.25) is 4.79 Å². The van der Waals surface area contributed by atoms with Crippen LogP contribution in [0.2, 0.25) is 0 Å². The van der Waals surface area contributed by atoms with E-state index in [0.717, 1.165) is 25.1 Å². The number of rotatable bonds is 5. The quantitative estimate of drug-likeness (QED) is 0.781. The van der Waals surface area contributed by atoms with Crippen molar-refractivity contribution < 1.29 is 4.79 Å². The molecule has 4 nitrogen and oxygen atoms in total. The minimum atomic E-state index is -0.0164. The van der Waals surface area contributed by atoms with Gasteiger partial charge in [0.15, 0.2) is 0 Å². The summed E-state index contributed by atoms with van der Waals surface area (Å²) in [6, 6.07) is 8.26. The monoisotopic (exact) mass is 289 g/mol. The van der Waals surface area contributed by atoms with Gasteiger partial charge in [0.25, 0.3) is 5.91 Å². The van der Waals surface area contributed by atoms with E-state index in [9.17, 15) is 4.79 Å². The Morgan fingerprint density at radius 1 is 1.29 bits per heavy atom. The number of anilines is 1. The molecule has 1 aromatic carbocycles. The molecule has 1 saturated carbocycles. The fourth-order valence-electron chi connectivity index (χ4n) is 2.77. The summed E-state index contributed by atoms with van der Waals surface area (Å²) in [5, 5.41) is 6.37. The molecular weight excluding hydrogens is 262 g/mol. The predicted octanol–water partition coefficient (Wildman–Crippen LogP) is 2.75. The van der Waals surface area contributed by atoms with Gasteiger partial charge in [0.2, 0.25) is 0 Å². The first kappa shape index (κ1) is 15.8. The molecule has 0 atom stereocenters. The van der Waals surface area contributed by atoms with Crippen LogP contribution in [0.1, 0.15) is 49.9 Å². The first-order valence-electron chi connectivity index (χ1n) is 7.95. The van der Waals surface area contributed by atoms with Crippen LogP contribution in [-0.2, 0) is 0 Å². The van der Waals surface area contributed by atoms with Gasteiger partial charge in [-0.15, -0.1) is 0 Å². The third-order valence-electron chi connectivity index (χ3n) is 4.03. The largest absolute Gasteiger partial charge is 0.385 e. The number of amides is 1. The summed E-state index contributed by atoms with van der Waals surface area (Å²) >= 11 is 0. The topological polar surface area (TPSA) is 67.2 Å². The molecule has 4 N–H and O–H groups in total. The molecule has 1 aliphatic rings. The van der Waals surface area contributed by atoms with Crippen LogP contribution in [0.4, 0.5) is 5.69 Å². The van der Waals surface area contributed by atoms with Gasteiger partial charge in [-0.2, -0.15) is 0 Å². The smallest absolute Gasteiger partial charge is 0.251 e. The van der Waals surface area contributed by atoms with E-state index < -0.39 is 0 Å². The third-order valence-corrected chi connectivity index (χ3v) is 4.03. The number of nitrogens with one attached hydrogen (secondary N) is 2. The van der Waals surface area contributed by atoms with Gasteiger partial charge in [0, 0.05) is 29.9 Å². The summed E-state index contributed by atoms with van der Waals surface area (Å²) in [4.78, 5) is 12.0. The Balaban J connectivity index is 1.87. The van der Waals surface area contributed by atoms with E-state index in [1.165, 1.54) is 12.8 Å². The van der Waals surface area contributed by atoms with Crippen molar-refractivity contribution in [1.82, 2.24) is 5.32 Å². The zero-order chi connectivity index (χ0) is 15.2. The molecule has 0 unspecified atom stereocenters. The number of hydrogen-bond donors (Lipinski definition) is 3.